The Bertz CT molecular complexity index is 937. The van der Waals surface area contributed by atoms with Crippen LogP contribution >= 0.6 is 0 Å². The van der Waals surface area contributed by atoms with E-state index in [4.69, 9.17) is 10.5 Å². The van der Waals surface area contributed by atoms with Crippen molar-refractivity contribution in [1.29, 1.82) is 5.26 Å². The van der Waals surface area contributed by atoms with Crippen molar-refractivity contribution < 1.29 is 7.59 Å². The molecule has 0 atom stereocenters. The number of nitriles is 1. The third-order valence-electron chi connectivity index (χ3n) is 4.40. The second-order valence-corrected chi connectivity index (χ2v) is 6.53. The normalized spacial score (nSPS) is 18.8. The van der Waals surface area contributed by atoms with E-state index < -0.39 is 0 Å². The summed E-state index contributed by atoms with van der Waals surface area (Å²) in [5.74, 6) is 1.43. The predicted octanol–water partition coefficient (Wildman–Crippen LogP) is 2.65. The fourth-order valence-corrected chi connectivity index (χ4v) is 2.87. The molecular weight excluding hydrogens is 366 g/mol. The molecule has 8 nitrogen and oxygen atoms in total. The summed E-state index contributed by atoms with van der Waals surface area (Å²) in [6.45, 7) is 2.01. The molecule has 1 aromatic heterocycles. The van der Waals surface area contributed by atoms with Crippen molar-refractivity contribution in [1.82, 2.24) is 20.0 Å². The molecule has 0 amide bonds. The minimum Gasteiger partial charge on any atom is -0.444 e. The van der Waals surface area contributed by atoms with Crippen LogP contribution in [0.4, 0.5) is 0 Å². The van der Waals surface area contributed by atoms with Gasteiger partial charge in [-0.1, -0.05) is 30.4 Å². The summed E-state index contributed by atoms with van der Waals surface area (Å²) in [4.78, 5) is 6.66. The van der Waals surface area contributed by atoms with E-state index in [0.29, 0.717) is 36.9 Å². The van der Waals surface area contributed by atoms with Gasteiger partial charge in [0.25, 0.3) is 0 Å². The first-order valence-corrected chi connectivity index (χ1v) is 9.48. The standard InChI is InChI=1S/C21H25N7O.2H2/c1-27-13-6-10-19(26-21(27)24-12-15-28-14-7-11-25-28)18(16-22)20(23)29-17-8-4-2-3-5-9-17;;/h2-5,7-8,10-11,14H,6,9,12-13,15,23H2,1H3,(H,24,26);2*1H/b20-18-;;. The zero-order chi connectivity index (χ0) is 20.5. The van der Waals surface area contributed by atoms with Crippen LogP contribution in [0.3, 0.4) is 0 Å². The largest absolute Gasteiger partial charge is 0.444 e. The van der Waals surface area contributed by atoms with Gasteiger partial charge in [-0.2, -0.15) is 10.4 Å². The summed E-state index contributed by atoms with van der Waals surface area (Å²) < 4.78 is 7.58. The van der Waals surface area contributed by atoms with Gasteiger partial charge >= 0.3 is 0 Å². The maximum atomic E-state index is 9.72. The summed E-state index contributed by atoms with van der Waals surface area (Å²) in [6, 6.07) is 4.05. The van der Waals surface area contributed by atoms with E-state index >= 15 is 0 Å². The van der Waals surface area contributed by atoms with Gasteiger partial charge in [-0.15, -0.1) is 0 Å². The van der Waals surface area contributed by atoms with Gasteiger partial charge in [-0.25, -0.2) is 0 Å². The molecule has 2 aliphatic rings. The van der Waals surface area contributed by atoms with Crippen molar-refractivity contribution in [3.8, 4) is 6.07 Å². The molecule has 8 heteroatoms. The van der Waals surface area contributed by atoms with Gasteiger partial charge in [0.1, 0.15) is 17.4 Å². The quantitative estimate of drug-likeness (QED) is 0.567. The highest BCUT2D eigenvalue weighted by molar-refractivity contribution is 5.83. The maximum absolute atomic E-state index is 9.72. The summed E-state index contributed by atoms with van der Waals surface area (Å²) in [5.41, 5.74) is 7.00. The molecule has 3 N–H and O–H groups in total. The molecule has 0 saturated heterocycles. The Morgan fingerprint density at radius 2 is 2.34 bits per heavy atom. The van der Waals surface area contributed by atoms with Crippen molar-refractivity contribution in [2.75, 3.05) is 20.1 Å². The third-order valence-corrected chi connectivity index (χ3v) is 4.40. The number of ether oxygens (including phenoxy) is 1. The summed E-state index contributed by atoms with van der Waals surface area (Å²) in [6.07, 6.45) is 16.5. The van der Waals surface area contributed by atoms with Crippen molar-refractivity contribution in [3.63, 3.8) is 0 Å². The Morgan fingerprint density at radius 1 is 1.45 bits per heavy atom. The van der Waals surface area contributed by atoms with Gasteiger partial charge in [-0.05, 0) is 18.6 Å². The number of guanidine groups is 1. The number of nitrogens with zero attached hydrogens (tertiary/aromatic N) is 5. The van der Waals surface area contributed by atoms with Crippen LogP contribution in [0.1, 0.15) is 15.7 Å². The Labute approximate surface area is 173 Å². The molecule has 2 heterocycles. The number of aromatic nitrogens is 2. The first kappa shape index (κ1) is 20.0. The molecular formula is C21H29N7O. The number of rotatable bonds is 6. The maximum Gasteiger partial charge on any atom is 0.210 e. The fraction of sp³-hybridized carbons (Fsp3) is 0.286. The van der Waals surface area contributed by atoms with E-state index in [9.17, 15) is 5.26 Å². The predicted molar refractivity (Wildman–Crippen MR) is 116 cm³/mol. The molecule has 0 saturated carbocycles. The highest BCUT2D eigenvalue weighted by atomic mass is 16.5. The van der Waals surface area contributed by atoms with Crippen molar-refractivity contribution >= 4 is 5.96 Å². The number of aliphatic imine (C=N–C) groups is 1. The van der Waals surface area contributed by atoms with E-state index in [1.807, 2.05) is 65.3 Å². The number of hydrogen-bond donors (Lipinski definition) is 2. The summed E-state index contributed by atoms with van der Waals surface area (Å²) in [5, 5.41) is 17.1. The molecule has 1 aliphatic carbocycles. The van der Waals surface area contributed by atoms with Gasteiger partial charge < -0.3 is 20.7 Å². The fourth-order valence-electron chi connectivity index (χ4n) is 2.87. The first-order chi connectivity index (χ1) is 14.2. The zero-order valence-electron chi connectivity index (χ0n) is 16.5. The third kappa shape index (κ3) is 5.62. The Kier molecular flexibility index (Phi) is 6.90. The molecule has 0 fully saturated rings. The Balaban J connectivity index is 0.00000240. The van der Waals surface area contributed by atoms with Crippen molar-refractivity contribution in [2.24, 2.45) is 10.7 Å². The SMILES string of the molecule is CN1CCC=C(/C(C#N)=C(/N)OC2=CC=CC=CC2)NC1=NCCn1cccn1.[HH].[HH]. The van der Waals surface area contributed by atoms with Gasteiger partial charge in [0.05, 0.1) is 18.8 Å². The lowest BCUT2D eigenvalue weighted by molar-refractivity contribution is 0.292. The van der Waals surface area contributed by atoms with Gasteiger partial charge in [-0.3, -0.25) is 9.67 Å². The topological polar surface area (TPSA) is 104 Å². The molecule has 3 rings (SSSR count). The number of hydrogen-bond acceptors (Lipinski definition) is 5. The molecule has 0 radical (unpaired) electrons. The van der Waals surface area contributed by atoms with Crippen LogP contribution in [0.5, 0.6) is 0 Å². The Hall–Kier alpha value is -3.73. The second-order valence-electron chi connectivity index (χ2n) is 6.53. The summed E-state index contributed by atoms with van der Waals surface area (Å²) in [7, 11) is 1.96. The van der Waals surface area contributed by atoms with Gasteiger partial charge in [0.15, 0.2) is 5.96 Å². The first-order valence-electron chi connectivity index (χ1n) is 9.48. The van der Waals surface area contributed by atoms with E-state index in [-0.39, 0.29) is 14.3 Å². The zero-order valence-corrected chi connectivity index (χ0v) is 16.5. The van der Waals surface area contributed by atoms with Crippen LogP contribution in [0.15, 0.2) is 82.8 Å². The lowest BCUT2D eigenvalue weighted by Crippen LogP contribution is -2.38. The number of nitrogens with two attached hydrogens (primary N) is 1. The molecule has 0 spiro atoms. The van der Waals surface area contributed by atoms with E-state index in [1.165, 1.54) is 0 Å². The minimum absolute atomic E-state index is 0. The van der Waals surface area contributed by atoms with Crippen LogP contribution < -0.4 is 11.1 Å². The van der Waals surface area contributed by atoms with Crippen LogP contribution in [0, 0.1) is 11.3 Å². The van der Waals surface area contributed by atoms with Crippen LogP contribution in [-0.2, 0) is 11.3 Å². The van der Waals surface area contributed by atoms with E-state index in [2.05, 4.69) is 21.5 Å². The average Bonchev–Trinajstić information content (AvgIpc) is 3.00. The summed E-state index contributed by atoms with van der Waals surface area (Å²) >= 11 is 0. The van der Waals surface area contributed by atoms with Crippen LogP contribution in [-0.4, -0.2) is 40.8 Å². The smallest absolute Gasteiger partial charge is 0.210 e. The van der Waals surface area contributed by atoms with Gasteiger partial charge in [0.2, 0.25) is 5.88 Å². The molecule has 154 valence electrons. The van der Waals surface area contributed by atoms with Crippen molar-refractivity contribution in [3.05, 3.63) is 77.8 Å². The molecule has 1 aromatic rings. The van der Waals surface area contributed by atoms with Crippen molar-refractivity contribution in [2.45, 2.75) is 19.4 Å². The lowest BCUT2D eigenvalue weighted by Gasteiger charge is -2.20. The molecule has 0 bridgehead atoms. The van der Waals surface area contributed by atoms with Crippen LogP contribution in [0.2, 0.25) is 0 Å². The highest BCUT2D eigenvalue weighted by Crippen LogP contribution is 2.18. The van der Waals surface area contributed by atoms with E-state index in [1.54, 1.807) is 6.20 Å². The molecule has 1 aliphatic heterocycles. The van der Waals surface area contributed by atoms with Gasteiger partial charge in [0, 0.05) is 35.3 Å². The number of nitrogens with one attached hydrogen (secondary N) is 1. The monoisotopic (exact) mass is 395 g/mol. The lowest BCUT2D eigenvalue weighted by atomic mass is 10.2. The van der Waals surface area contributed by atoms with Crippen LogP contribution in [0.25, 0.3) is 0 Å². The molecule has 29 heavy (non-hydrogen) atoms. The Morgan fingerprint density at radius 3 is 3.14 bits per heavy atom. The second kappa shape index (κ2) is 9.99. The highest BCUT2D eigenvalue weighted by Gasteiger charge is 2.18. The molecule has 0 aromatic carbocycles. The molecule has 0 unspecified atom stereocenters. The number of allylic oxidation sites excluding steroid dienone is 6. The van der Waals surface area contributed by atoms with E-state index in [0.717, 1.165) is 13.0 Å². The average molecular weight is 396 g/mol. The minimum atomic E-state index is 0.